The number of hydrogen-bond acceptors (Lipinski definition) is 9. The van der Waals surface area contributed by atoms with Gasteiger partial charge in [-0.25, -0.2) is 19.9 Å². The lowest BCUT2D eigenvalue weighted by atomic mass is 10.1. The van der Waals surface area contributed by atoms with Gasteiger partial charge in [-0.1, -0.05) is 31.2 Å². The summed E-state index contributed by atoms with van der Waals surface area (Å²) in [7, 11) is 0. The first kappa shape index (κ1) is 19.6. The zero-order valence-electron chi connectivity index (χ0n) is 16.0. The van der Waals surface area contributed by atoms with Crippen molar-refractivity contribution in [3.63, 3.8) is 0 Å². The van der Waals surface area contributed by atoms with E-state index in [9.17, 15) is 4.79 Å². The van der Waals surface area contributed by atoms with E-state index in [0.29, 0.717) is 42.4 Å². The van der Waals surface area contributed by atoms with Gasteiger partial charge in [0, 0.05) is 24.8 Å². The Morgan fingerprint density at radius 2 is 2.28 bits per heavy atom. The van der Waals surface area contributed by atoms with Crippen molar-refractivity contribution in [2.45, 2.75) is 42.6 Å². The number of carbonyl (C=O) groups is 1. The van der Waals surface area contributed by atoms with Crippen molar-refractivity contribution in [3.8, 4) is 0 Å². The summed E-state index contributed by atoms with van der Waals surface area (Å²) in [6, 6.07) is 3.79. The van der Waals surface area contributed by atoms with Crippen molar-refractivity contribution in [1.29, 1.82) is 0 Å². The summed E-state index contributed by atoms with van der Waals surface area (Å²) in [5, 5.41) is 0.559. The molecule has 0 bridgehead atoms. The van der Waals surface area contributed by atoms with Crippen LogP contribution in [0.4, 0.5) is 5.82 Å². The number of anilines is 1. The van der Waals surface area contributed by atoms with E-state index < -0.39 is 6.10 Å². The van der Waals surface area contributed by atoms with Crippen molar-refractivity contribution in [1.82, 2.24) is 24.9 Å². The molecule has 29 heavy (non-hydrogen) atoms. The highest BCUT2D eigenvalue weighted by molar-refractivity contribution is 8.00. The second kappa shape index (κ2) is 8.75. The molecule has 3 aromatic rings. The van der Waals surface area contributed by atoms with Gasteiger partial charge in [-0.05, 0) is 12.5 Å². The van der Waals surface area contributed by atoms with E-state index in [0.717, 1.165) is 23.4 Å². The van der Waals surface area contributed by atoms with Crippen molar-refractivity contribution < 1.29 is 14.3 Å². The minimum atomic E-state index is -0.507. The molecule has 0 amide bonds. The van der Waals surface area contributed by atoms with Crippen LogP contribution in [0, 0.1) is 0 Å². The number of ether oxygens (including phenoxy) is 2. The third kappa shape index (κ3) is 4.33. The maximum absolute atomic E-state index is 11.7. The number of H-pyrrole nitrogens is 1. The number of esters is 1. The number of imidazole rings is 1. The summed E-state index contributed by atoms with van der Waals surface area (Å²) < 4.78 is 11.1. The van der Waals surface area contributed by atoms with Crippen LogP contribution in [0.15, 0.2) is 29.7 Å². The molecule has 2 unspecified atom stereocenters. The van der Waals surface area contributed by atoms with Crippen LogP contribution in [0.5, 0.6) is 0 Å². The third-order valence-corrected chi connectivity index (χ3v) is 5.76. The lowest BCUT2D eigenvalue weighted by molar-refractivity contribution is -0.137. The van der Waals surface area contributed by atoms with Crippen LogP contribution in [0.3, 0.4) is 0 Å². The number of nitrogens with two attached hydrogens (primary N) is 1. The Bertz CT molecular complexity index is 993. The fourth-order valence-electron chi connectivity index (χ4n) is 3.00. The molecule has 0 spiro atoms. The molecular weight excluding hydrogens is 392 g/mol. The average Bonchev–Trinajstić information content (AvgIpc) is 3.36. The number of rotatable bonds is 8. The number of pyridine rings is 1. The first-order valence-corrected chi connectivity index (χ1v) is 10.4. The van der Waals surface area contributed by atoms with Gasteiger partial charge in [-0.3, -0.25) is 4.79 Å². The van der Waals surface area contributed by atoms with Gasteiger partial charge in [0.1, 0.15) is 16.9 Å². The third-order valence-electron chi connectivity index (χ3n) is 4.56. The van der Waals surface area contributed by atoms with Crippen molar-refractivity contribution in [2.24, 2.45) is 0 Å². The maximum atomic E-state index is 11.7. The molecule has 10 heteroatoms. The van der Waals surface area contributed by atoms with Gasteiger partial charge in [0.05, 0.1) is 18.0 Å². The lowest BCUT2D eigenvalue weighted by Gasteiger charge is -2.17. The molecule has 152 valence electrons. The summed E-state index contributed by atoms with van der Waals surface area (Å²) in [5.41, 5.74) is 7.98. The second-order valence-corrected chi connectivity index (χ2v) is 7.89. The van der Waals surface area contributed by atoms with Gasteiger partial charge in [-0.15, -0.1) is 0 Å². The van der Waals surface area contributed by atoms with E-state index in [4.69, 9.17) is 15.2 Å². The minimum Gasteiger partial charge on any atom is -0.465 e. The molecule has 3 aromatic heterocycles. The summed E-state index contributed by atoms with van der Waals surface area (Å²) >= 11 is 1.41. The smallest absolute Gasteiger partial charge is 0.319 e. The summed E-state index contributed by atoms with van der Waals surface area (Å²) in [5.74, 6) is 0.587. The number of cyclic esters (lactones) is 1. The molecule has 3 N–H and O–H groups in total. The maximum Gasteiger partial charge on any atom is 0.319 e. The monoisotopic (exact) mass is 414 g/mol. The molecular formula is C19H22N6O3S. The largest absolute Gasteiger partial charge is 0.465 e. The summed E-state index contributed by atoms with van der Waals surface area (Å²) in [6.07, 6.45) is 5.39. The number of aromatic amines is 1. The number of aromatic nitrogens is 5. The van der Waals surface area contributed by atoms with Crippen molar-refractivity contribution >= 4 is 34.7 Å². The van der Waals surface area contributed by atoms with Gasteiger partial charge in [0.15, 0.2) is 17.3 Å². The van der Waals surface area contributed by atoms with E-state index >= 15 is 0 Å². The van der Waals surface area contributed by atoms with Crippen LogP contribution >= 0.6 is 11.8 Å². The van der Waals surface area contributed by atoms with Crippen molar-refractivity contribution in [2.75, 3.05) is 18.9 Å². The van der Waals surface area contributed by atoms with Gasteiger partial charge >= 0.3 is 5.97 Å². The van der Waals surface area contributed by atoms with Crippen LogP contribution in [-0.2, 0) is 14.3 Å². The van der Waals surface area contributed by atoms with Crippen molar-refractivity contribution in [3.05, 3.63) is 36.0 Å². The predicted molar refractivity (Wildman–Crippen MR) is 108 cm³/mol. The van der Waals surface area contributed by atoms with E-state index in [1.165, 1.54) is 18.1 Å². The topological polar surface area (TPSA) is 129 Å². The molecule has 4 rings (SSSR count). The van der Waals surface area contributed by atoms with E-state index in [1.54, 1.807) is 6.20 Å². The lowest BCUT2D eigenvalue weighted by Crippen LogP contribution is -2.13. The molecule has 4 heterocycles. The van der Waals surface area contributed by atoms with Crippen LogP contribution in [0.25, 0.3) is 11.2 Å². The zero-order chi connectivity index (χ0) is 20.2. The van der Waals surface area contributed by atoms with Crippen LogP contribution in [0.1, 0.15) is 43.7 Å². The standard InChI is InChI=1S/C19H22N6O3S/c1-2-3-7-27-15(18-24-16(20)14-17(25-18)23-10-22-14)11-4-5-13(21-9-11)29-12-6-8-28-19(12)26/h4-5,9-10,12,15H,2-3,6-8H2,1H3,(H3,20,22,23,24,25). The molecule has 2 atom stereocenters. The number of nitrogen functional groups attached to an aromatic ring is 1. The first-order chi connectivity index (χ1) is 14.2. The highest BCUT2D eigenvalue weighted by atomic mass is 32.2. The molecule has 1 fully saturated rings. The summed E-state index contributed by atoms with van der Waals surface area (Å²) in [4.78, 5) is 32.2. The molecule has 1 aliphatic rings. The number of thioether (sulfide) groups is 1. The molecule has 0 saturated carbocycles. The SMILES string of the molecule is CCCCOC(c1ccc(SC2CCOC2=O)nc1)c1nc(N)c2[nH]cnc2n1. The fourth-order valence-corrected chi connectivity index (χ4v) is 3.93. The number of hydrogen-bond donors (Lipinski definition) is 2. The quantitative estimate of drug-likeness (QED) is 0.422. The van der Waals surface area contributed by atoms with E-state index in [2.05, 4.69) is 31.8 Å². The van der Waals surface area contributed by atoms with E-state index in [1.807, 2.05) is 12.1 Å². The molecule has 1 saturated heterocycles. The normalized spacial score (nSPS) is 17.6. The molecule has 0 radical (unpaired) electrons. The molecule has 1 aliphatic heterocycles. The molecule has 0 aromatic carbocycles. The first-order valence-electron chi connectivity index (χ1n) is 9.53. The highest BCUT2D eigenvalue weighted by Crippen LogP contribution is 2.30. The Labute approximate surface area is 171 Å². The van der Waals surface area contributed by atoms with E-state index in [-0.39, 0.29) is 11.2 Å². The van der Waals surface area contributed by atoms with Crippen LogP contribution < -0.4 is 5.73 Å². The van der Waals surface area contributed by atoms with Crippen LogP contribution in [0.2, 0.25) is 0 Å². The van der Waals surface area contributed by atoms with Crippen LogP contribution in [-0.4, -0.2) is 49.4 Å². The van der Waals surface area contributed by atoms with Gasteiger partial charge in [0.2, 0.25) is 0 Å². The Kier molecular flexibility index (Phi) is 5.91. The zero-order valence-corrected chi connectivity index (χ0v) is 16.8. The number of nitrogens with one attached hydrogen (secondary N) is 1. The molecule has 9 nitrogen and oxygen atoms in total. The Morgan fingerprint density at radius 1 is 1.38 bits per heavy atom. The number of carbonyl (C=O) groups excluding carboxylic acids is 1. The van der Waals surface area contributed by atoms with Gasteiger partial charge < -0.3 is 20.2 Å². The second-order valence-electron chi connectivity index (χ2n) is 6.67. The Hall–Kier alpha value is -2.72. The Balaban J connectivity index is 1.59. The average molecular weight is 414 g/mol. The Morgan fingerprint density at radius 3 is 3.00 bits per heavy atom. The predicted octanol–water partition coefficient (Wildman–Crippen LogP) is 2.64. The fraction of sp³-hybridized carbons (Fsp3) is 0.421. The number of nitrogens with zero attached hydrogens (tertiary/aromatic N) is 4. The minimum absolute atomic E-state index is 0.183. The number of fused-ring (bicyclic) bond motifs is 1. The molecule has 0 aliphatic carbocycles. The summed E-state index contributed by atoms with van der Waals surface area (Å²) in [6.45, 7) is 3.13. The van der Waals surface area contributed by atoms with Gasteiger partial charge in [-0.2, -0.15) is 0 Å². The van der Waals surface area contributed by atoms with Gasteiger partial charge in [0.25, 0.3) is 0 Å². The highest BCUT2D eigenvalue weighted by Gasteiger charge is 2.28. The number of unbranched alkanes of at least 4 members (excludes halogenated alkanes) is 1.